The lowest BCUT2D eigenvalue weighted by Crippen LogP contribution is -2.57. The Hall–Kier alpha value is -2.41. The van der Waals surface area contributed by atoms with Gasteiger partial charge in [0.15, 0.2) is 0 Å². The summed E-state index contributed by atoms with van der Waals surface area (Å²) in [6, 6.07) is 10.2. The summed E-state index contributed by atoms with van der Waals surface area (Å²) in [6.45, 7) is 3.17. The van der Waals surface area contributed by atoms with E-state index in [1.165, 1.54) is 0 Å². The highest BCUT2D eigenvalue weighted by atomic mass is 16.5. The number of rotatable bonds is 6. The Labute approximate surface area is 159 Å². The second-order valence-corrected chi connectivity index (χ2v) is 7.81. The van der Waals surface area contributed by atoms with E-state index in [2.05, 4.69) is 15.2 Å². The normalized spacial score (nSPS) is 26.7. The second kappa shape index (κ2) is 7.68. The SMILES string of the molecule is CN(C)C(=O)[C@H]1CN2CCC1C[C@@H]2Cn1cc(COc2ccccc2)nn1. The molecule has 1 aromatic carbocycles. The first-order valence-corrected chi connectivity index (χ1v) is 9.62. The summed E-state index contributed by atoms with van der Waals surface area (Å²) in [7, 11) is 3.71. The fourth-order valence-electron chi connectivity index (χ4n) is 4.32. The van der Waals surface area contributed by atoms with Crippen molar-refractivity contribution in [3.05, 3.63) is 42.2 Å². The van der Waals surface area contributed by atoms with Crippen LogP contribution in [0.2, 0.25) is 0 Å². The number of nitrogens with zero attached hydrogens (tertiary/aromatic N) is 5. The standard InChI is InChI=1S/C20H27N5O2/c1-23(2)20(26)19-13-24-9-8-15(19)10-17(24)12-25-11-16(21-22-25)14-27-18-6-4-3-5-7-18/h3-7,11,15,17,19H,8-10,12-14H2,1-2H3/t15?,17-,19+/m1/s1. The minimum absolute atomic E-state index is 0.149. The molecule has 3 fully saturated rings. The van der Waals surface area contributed by atoms with Crippen molar-refractivity contribution in [2.75, 3.05) is 27.2 Å². The van der Waals surface area contributed by atoms with E-state index in [0.717, 1.165) is 43.9 Å². The molecule has 27 heavy (non-hydrogen) atoms. The van der Waals surface area contributed by atoms with Crippen LogP contribution in [0.3, 0.4) is 0 Å². The monoisotopic (exact) mass is 369 g/mol. The van der Waals surface area contributed by atoms with E-state index in [-0.39, 0.29) is 11.8 Å². The molecular weight excluding hydrogens is 342 g/mol. The number of hydrogen-bond donors (Lipinski definition) is 0. The summed E-state index contributed by atoms with van der Waals surface area (Å²) in [5.41, 5.74) is 0.829. The summed E-state index contributed by atoms with van der Waals surface area (Å²) < 4.78 is 7.65. The molecule has 0 radical (unpaired) electrons. The van der Waals surface area contributed by atoms with Crippen LogP contribution in [0.4, 0.5) is 0 Å². The zero-order valence-electron chi connectivity index (χ0n) is 16.0. The molecule has 3 saturated heterocycles. The molecule has 2 unspecified atom stereocenters. The van der Waals surface area contributed by atoms with Crippen LogP contribution >= 0.6 is 0 Å². The van der Waals surface area contributed by atoms with Crippen molar-refractivity contribution in [1.82, 2.24) is 24.8 Å². The van der Waals surface area contributed by atoms with Crippen LogP contribution in [0.1, 0.15) is 18.5 Å². The molecule has 7 nitrogen and oxygen atoms in total. The molecule has 7 heteroatoms. The topological polar surface area (TPSA) is 63.5 Å². The molecule has 0 spiro atoms. The number of carbonyl (C=O) groups is 1. The highest BCUT2D eigenvalue weighted by molar-refractivity contribution is 5.79. The molecule has 1 aromatic heterocycles. The van der Waals surface area contributed by atoms with E-state index < -0.39 is 0 Å². The Morgan fingerprint density at radius 3 is 2.81 bits per heavy atom. The molecule has 3 aliphatic heterocycles. The summed E-state index contributed by atoms with van der Waals surface area (Å²) in [5, 5.41) is 8.51. The van der Waals surface area contributed by atoms with Crippen LogP contribution < -0.4 is 4.74 Å². The van der Waals surface area contributed by atoms with E-state index in [1.54, 1.807) is 4.90 Å². The fourth-order valence-corrected chi connectivity index (χ4v) is 4.32. The number of benzene rings is 1. The quantitative estimate of drug-likeness (QED) is 0.775. The van der Waals surface area contributed by atoms with Crippen molar-refractivity contribution in [3.63, 3.8) is 0 Å². The number of para-hydroxylation sites is 1. The van der Waals surface area contributed by atoms with E-state index >= 15 is 0 Å². The Morgan fingerprint density at radius 2 is 2.11 bits per heavy atom. The molecule has 0 aliphatic carbocycles. The number of piperidine rings is 3. The highest BCUT2D eigenvalue weighted by Gasteiger charge is 2.43. The lowest BCUT2D eigenvalue weighted by Gasteiger charge is -2.49. The number of hydrogen-bond acceptors (Lipinski definition) is 5. The minimum Gasteiger partial charge on any atom is -0.487 e. The Morgan fingerprint density at radius 1 is 1.30 bits per heavy atom. The molecule has 2 bridgehead atoms. The molecule has 3 aliphatic rings. The van der Waals surface area contributed by atoms with Crippen LogP contribution in [-0.4, -0.2) is 63.9 Å². The molecule has 5 rings (SSSR count). The molecule has 4 atom stereocenters. The van der Waals surface area contributed by atoms with Crippen molar-refractivity contribution < 1.29 is 9.53 Å². The minimum atomic E-state index is 0.149. The first-order chi connectivity index (χ1) is 13.1. The van der Waals surface area contributed by atoms with Crippen molar-refractivity contribution in [2.45, 2.75) is 32.0 Å². The van der Waals surface area contributed by atoms with Gasteiger partial charge in [-0.15, -0.1) is 5.10 Å². The number of amides is 1. The lowest BCUT2D eigenvalue weighted by molar-refractivity contribution is -0.141. The molecule has 0 N–H and O–H groups in total. The third kappa shape index (κ3) is 3.98. The molecule has 0 saturated carbocycles. The maximum Gasteiger partial charge on any atom is 0.226 e. The molecule has 1 amide bonds. The van der Waals surface area contributed by atoms with Crippen LogP contribution in [0.25, 0.3) is 0 Å². The lowest BCUT2D eigenvalue weighted by atomic mass is 9.75. The van der Waals surface area contributed by atoms with Gasteiger partial charge < -0.3 is 9.64 Å². The van der Waals surface area contributed by atoms with Gasteiger partial charge in [-0.1, -0.05) is 23.4 Å². The first-order valence-electron chi connectivity index (χ1n) is 9.62. The van der Waals surface area contributed by atoms with Crippen LogP contribution in [0.15, 0.2) is 36.5 Å². The Bertz CT molecular complexity index is 776. The van der Waals surface area contributed by atoms with Gasteiger partial charge in [0.2, 0.25) is 5.91 Å². The second-order valence-electron chi connectivity index (χ2n) is 7.81. The molecular formula is C20H27N5O2. The Kier molecular flexibility index (Phi) is 5.11. The van der Waals surface area contributed by atoms with Crippen molar-refractivity contribution in [1.29, 1.82) is 0 Å². The van der Waals surface area contributed by atoms with Gasteiger partial charge in [-0.2, -0.15) is 0 Å². The van der Waals surface area contributed by atoms with Crippen molar-refractivity contribution in [2.24, 2.45) is 11.8 Å². The van der Waals surface area contributed by atoms with Gasteiger partial charge >= 0.3 is 0 Å². The Balaban J connectivity index is 1.33. The van der Waals surface area contributed by atoms with Gasteiger partial charge in [0, 0.05) is 26.7 Å². The number of ether oxygens (including phenoxy) is 1. The average molecular weight is 369 g/mol. The van der Waals surface area contributed by atoms with Gasteiger partial charge in [-0.3, -0.25) is 14.4 Å². The predicted octanol–water partition coefficient (Wildman–Crippen LogP) is 1.66. The molecule has 2 aromatic rings. The summed E-state index contributed by atoms with van der Waals surface area (Å²) >= 11 is 0. The van der Waals surface area contributed by atoms with E-state index in [9.17, 15) is 4.79 Å². The van der Waals surface area contributed by atoms with Crippen LogP contribution in [-0.2, 0) is 17.9 Å². The number of fused-ring (bicyclic) bond motifs is 3. The van der Waals surface area contributed by atoms with Gasteiger partial charge in [0.05, 0.1) is 18.7 Å². The summed E-state index contributed by atoms with van der Waals surface area (Å²) in [4.78, 5) is 16.6. The molecule has 4 heterocycles. The maximum absolute atomic E-state index is 12.4. The average Bonchev–Trinajstić information content (AvgIpc) is 3.14. The third-order valence-electron chi connectivity index (χ3n) is 5.75. The first kappa shape index (κ1) is 18.0. The van der Waals surface area contributed by atoms with Crippen molar-refractivity contribution in [3.8, 4) is 5.75 Å². The zero-order valence-corrected chi connectivity index (χ0v) is 16.0. The third-order valence-corrected chi connectivity index (χ3v) is 5.75. The summed E-state index contributed by atoms with van der Waals surface area (Å²) in [5.74, 6) is 1.73. The summed E-state index contributed by atoms with van der Waals surface area (Å²) in [6.07, 6.45) is 4.14. The van der Waals surface area contributed by atoms with Gasteiger partial charge in [-0.25, -0.2) is 0 Å². The fraction of sp³-hybridized carbons (Fsp3) is 0.550. The maximum atomic E-state index is 12.4. The molecule has 144 valence electrons. The largest absolute Gasteiger partial charge is 0.487 e. The number of carbonyl (C=O) groups excluding carboxylic acids is 1. The number of aromatic nitrogens is 3. The van der Waals surface area contributed by atoms with E-state index in [1.807, 2.05) is 55.3 Å². The van der Waals surface area contributed by atoms with E-state index in [4.69, 9.17) is 4.74 Å². The smallest absolute Gasteiger partial charge is 0.226 e. The van der Waals surface area contributed by atoms with Gasteiger partial charge in [-0.05, 0) is 37.4 Å². The van der Waals surface area contributed by atoms with Crippen LogP contribution in [0.5, 0.6) is 5.75 Å². The van der Waals surface area contributed by atoms with Gasteiger partial charge in [0.25, 0.3) is 0 Å². The predicted molar refractivity (Wildman–Crippen MR) is 101 cm³/mol. The highest BCUT2D eigenvalue weighted by Crippen LogP contribution is 2.37. The van der Waals surface area contributed by atoms with E-state index in [0.29, 0.717) is 18.6 Å². The zero-order chi connectivity index (χ0) is 18.8. The van der Waals surface area contributed by atoms with Gasteiger partial charge in [0.1, 0.15) is 18.1 Å². The van der Waals surface area contributed by atoms with Crippen molar-refractivity contribution >= 4 is 5.91 Å². The van der Waals surface area contributed by atoms with Crippen LogP contribution in [0, 0.1) is 11.8 Å².